The van der Waals surface area contributed by atoms with Gasteiger partial charge in [-0.1, -0.05) is 39.0 Å². The third-order valence-electron chi connectivity index (χ3n) is 7.17. The Morgan fingerprint density at radius 1 is 0.778 bits per heavy atom. The molecular weight excluding hydrogens is 456 g/mol. The minimum Gasteiger partial charge on any atom is -0.394 e. The number of aliphatic hydroxyl groups excluding tert-OH is 1. The van der Waals surface area contributed by atoms with Crippen LogP contribution in [-0.4, -0.2) is 46.3 Å². The number of para-hydroxylation sites is 1. The lowest BCUT2D eigenvalue weighted by atomic mass is 9.84. The van der Waals surface area contributed by atoms with Gasteiger partial charge in [-0.05, 0) is 61.1 Å². The summed E-state index contributed by atoms with van der Waals surface area (Å²) in [5.74, 6) is -1.84. The molecule has 0 bridgehead atoms. The van der Waals surface area contributed by atoms with Crippen LogP contribution in [0.4, 0.5) is 5.69 Å². The molecule has 1 atom stereocenters. The van der Waals surface area contributed by atoms with Gasteiger partial charge in [0.2, 0.25) is 0 Å². The average molecular weight is 485 g/mol. The summed E-state index contributed by atoms with van der Waals surface area (Å²) in [6.45, 7) is 7.42. The van der Waals surface area contributed by atoms with Gasteiger partial charge in [0.25, 0.3) is 23.6 Å². The van der Waals surface area contributed by atoms with Crippen molar-refractivity contribution in [3.05, 3.63) is 75.8 Å². The maximum absolute atomic E-state index is 13.8. The Morgan fingerprint density at radius 3 is 1.72 bits per heavy atom. The lowest BCUT2D eigenvalue weighted by Crippen LogP contribution is -2.49. The minimum absolute atomic E-state index is 0.162. The number of amides is 4. The van der Waals surface area contributed by atoms with Crippen molar-refractivity contribution in [2.75, 3.05) is 11.5 Å². The zero-order chi connectivity index (χ0) is 25.9. The molecule has 0 saturated heterocycles. The molecule has 2 aliphatic heterocycles. The molecule has 184 valence electrons. The van der Waals surface area contributed by atoms with Gasteiger partial charge in [0.05, 0.1) is 18.3 Å². The van der Waals surface area contributed by atoms with Gasteiger partial charge in [-0.25, -0.2) is 4.90 Å². The smallest absolute Gasteiger partial charge is 0.266 e. The molecule has 0 spiro atoms. The Kier molecular flexibility index (Phi) is 5.75. The number of anilines is 1. The average Bonchev–Trinajstić information content (AvgIpc) is 2.85. The van der Waals surface area contributed by atoms with Crippen LogP contribution in [-0.2, 0) is 6.42 Å². The van der Waals surface area contributed by atoms with Crippen LogP contribution in [0.25, 0.3) is 10.8 Å². The van der Waals surface area contributed by atoms with Gasteiger partial charge < -0.3 is 5.11 Å². The van der Waals surface area contributed by atoms with Crippen molar-refractivity contribution in [1.29, 1.82) is 0 Å². The summed E-state index contributed by atoms with van der Waals surface area (Å²) in [5, 5.41) is 10.6. The first-order valence-electron chi connectivity index (χ1n) is 12.3. The summed E-state index contributed by atoms with van der Waals surface area (Å²) in [7, 11) is 0. The monoisotopic (exact) mass is 484 g/mol. The highest BCUT2D eigenvalue weighted by molar-refractivity contribution is 6.39. The molecule has 0 aliphatic carbocycles. The molecule has 7 nitrogen and oxygen atoms in total. The van der Waals surface area contributed by atoms with E-state index >= 15 is 0 Å². The number of aryl methyl sites for hydroxylation is 2. The van der Waals surface area contributed by atoms with Gasteiger partial charge in [0.1, 0.15) is 0 Å². The summed E-state index contributed by atoms with van der Waals surface area (Å²) in [4.78, 5) is 56.9. The molecular formula is C29H28N2O5. The molecule has 4 amide bonds. The normalized spacial score (nSPS) is 15.9. The Hall–Kier alpha value is -3.84. The summed E-state index contributed by atoms with van der Waals surface area (Å²) in [6, 6.07) is 11.3. The minimum atomic E-state index is -0.660. The topological polar surface area (TPSA) is 95.0 Å². The van der Waals surface area contributed by atoms with E-state index in [4.69, 9.17) is 0 Å². The van der Waals surface area contributed by atoms with Crippen molar-refractivity contribution >= 4 is 40.1 Å². The maximum Gasteiger partial charge on any atom is 0.266 e. The molecule has 2 heterocycles. The van der Waals surface area contributed by atoms with Crippen molar-refractivity contribution < 1.29 is 24.3 Å². The molecule has 1 unspecified atom stereocenters. The highest BCUT2D eigenvalue weighted by Gasteiger charge is 2.42. The second-order valence-electron chi connectivity index (χ2n) is 9.90. The standard InChI is InChI=1S/C29H28N2O5/c1-5-17-8-6-7-16(4)25(17)31-28(35)21-11-9-19-23-20(10-12-22(24(21)23)29(31)36)27(34)30(26(19)33)18(14-32)13-15(2)3/h6-12,15,18,32H,5,13-14H2,1-4H3. The van der Waals surface area contributed by atoms with E-state index in [-0.39, 0.29) is 34.8 Å². The summed E-state index contributed by atoms with van der Waals surface area (Å²) < 4.78 is 0. The second kappa shape index (κ2) is 8.68. The molecule has 0 aromatic heterocycles. The fourth-order valence-corrected chi connectivity index (χ4v) is 5.56. The summed E-state index contributed by atoms with van der Waals surface area (Å²) in [6.07, 6.45) is 1.11. The number of rotatable bonds is 6. The molecule has 3 aromatic rings. The number of carbonyl (C=O) groups is 4. The SMILES string of the molecule is CCc1cccc(C)c1N1C(=O)c2ccc3c4c(ccc(c24)C1=O)C(=O)N(C(CO)CC(C)C)C3=O. The largest absolute Gasteiger partial charge is 0.394 e. The lowest BCUT2D eigenvalue weighted by molar-refractivity contribution is 0.0443. The second-order valence-corrected chi connectivity index (χ2v) is 9.90. The van der Waals surface area contributed by atoms with E-state index in [2.05, 4.69) is 0 Å². The van der Waals surface area contributed by atoms with Gasteiger partial charge in [-0.3, -0.25) is 24.1 Å². The predicted octanol–water partition coefficient (Wildman–Crippen LogP) is 4.51. The molecule has 36 heavy (non-hydrogen) atoms. The highest BCUT2D eigenvalue weighted by atomic mass is 16.3. The van der Waals surface area contributed by atoms with Crippen LogP contribution in [0.3, 0.4) is 0 Å². The number of benzene rings is 3. The van der Waals surface area contributed by atoms with Crippen LogP contribution in [0.1, 0.15) is 79.8 Å². The van der Waals surface area contributed by atoms with Crippen molar-refractivity contribution in [1.82, 2.24) is 4.90 Å². The van der Waals surface area contributed by atoms with Crippen LogP contribution in [0.15, 0.2) is 42.5 Å². The van der Waals surface area contributed by atoms with Crippen LogP contribution < -0.4 is 4.90 Å². The van der Waals surface area contributed by atoms with Gasteiger partial charge >= 0.3 is 0 Å². The number of hydrogen-bond donors (Lipinski definition) is 1. The summed E-state index contributed by atoms with van der Waals surface area (Å²) >= 11 is 0. The zero-order valence-electron chi connectivity index (χ0n) is 20.8. The van der Waals surface area contributed by atoms with E-state index in [1.807, 2.05) is 45.9 Å². The number of hydrogen-bond acceptors (Lipinski definition) is 5. The fraction of sp³-hybridized carbons (Fsp3) is 0.310. The molecule has 0 radical (unpaired) electrons. The van der Waals surface area contributed by atoms with Gasteiger partial charge in [-0.15, -0.1) is 0 Å². The van der Waals surface area contributed by atoms with E-state index in [1.165, 1.54) is 4.90 Å². The molecule has 0 saturated carbocycles. The Balaban J connectivity index is 1.71. The number of imide groups is 2. The van der Waals surface area contributed by atoms with E-state index in [1.54, 1.807) is 24.3 Å². The predicted molar refractivity (Wildman–Crippen MR) is 136 cm³/mol. The summed E-state index contributed by atoms with van der Waals surface area (Å²) in [5.41, 5.74) is 3.35. The molecule has 5 rings (SSSR count). The molecule has 3 aromatic carbocycles. The molecule has 2 aliphatic rings. The van der Waals surface area contributed by atoms with E-state index in [0.717, 1.165) is 16.0 Å². The van der Waals surface area contributed by atoms with Crippen molar-refractivity contribution in [2.45, 2.75) is 46.6 Å². The van der Waals surface area contributed by atoms with Crippen LogP contribution in [0, 0.1) is 12.8 Å². The lowest BCUT2D eigenvalue weighted by Gasteiger charge is -2.35. The van der Waals surface area contributed by atoms with E-state index < -0.39 is 29.7 Å². The van der Waals surface area contributed by atoms with Crippen molar-refractivity contribution in [2.24, 2.45) is 5.92 Å². The first-order chi connectivity index (χ1) is 17.2. The quantitative estimate of drug-likeness (QED) is 0.520. The Morgan fingerprint density at radius 2 is 1.28 bits per heavy atom. The third-order valence-corrected chi connectivity index (χ3v) is 7.17. The van der Waals surface area contributed by atoms with Gasteiger partial charge in [0, 0.05) is 33.0 Å². The number of nitrogens with zero attached hydrogens (tertiary/aromatic N) is 2. The van der Waals surface area contributed by atoms with E-state index in [9.17, 15) is 24.3 Å². The fourth-order valence-electron chi connectivity index (χ4n) is 5.56. The molecule has 0 fully saturated rings. The van der Waals surface area contributed by atoms with E-state index in [0.29, 0.717) is 29.3 Å². The van der Waals surface area contributed by atoms with Gasteiger partial charge in [-0.2, -0.15) is 0 Å². The zero-order valence-corrected chi connectivity index (χ0v) is 20.8. The van der Waals surface area contributed by atoms with Gasteiger partial charge in [0.15, 0.2) is 0 Å². The van der Waals surface area contributed by atoms with Crippen LogP contribution >= 0.6 is 0 Å². The Bertz CT molecular complexity index is 1400. The van der Waals surface area contributed by atoms with Crippen molar-refractivity contribution in [3.63, 3.8) is 0 Å². The number of aliphatic hydroxyl groups is 1. The van der Waals surface area contributed by atoms with Crippen molar-refractivity contribution in [3.8, 4) is 0 Å². The van der Waals surface area contributed by atoms with Crippen LogP contribution in [0.5, 0.6) is 0 Å². The third kappa shape index (κ3) is 3.30. The first-order valence-corrected chi connectivity index (χ1v) is 12.3. The molecule has 7 heteroatoms. The Labute approximate surface area is 209 Å². The maximum atomic E-state index is 13.8. The molecule has 1 N–H and O–H groups in total. The number of carbonyl (C=O) groups excluding carboxylic acids is 4. The van der Waals surface area contributed by atoms with Crippen LogP contribution in [0.2, 0.25) is 0 Å². The first kappa shape index (κ1) is 23.9. The highest BCUT2D eigenvalue weighted by Crippen LogP contribution is 2.41.